The van der Waals surface area contributed by atoms with Crippen molar-refractivity contribution in [2.75, 3.05) is 33.7 Å². The van der Waals surface area contributed by atoms with Crippen molar-refractivity contribution < 1.29 is 13.2 Å². The van der Waals surface area contributed by atoms with Gasteiger partial charge in [-0.2, -0.15) is 4.31 Å². The lowest BCUT2D eigenvalue weighted by molar-refractivity contribution is 0.0938. The van der Waals surface area contributed by atoms with E-state index in [1.807, 2.05) is 49.3 Å². The van der Waals surface area contributed by atoms with Gasteiger partial charge in [0, 0.05) is 19.6 Å². The standard InChI is InChI=1S/C22H29N3O3S/c1-24(2)20(18-11-5-3-6-12-18)17-23-22(26)19-13-7-8-14-21(19)29(27,28)25-15-9-4-10-16-25/h3,5-8,11-14,20H,4,9-10,15-17H2,1-2H3,(H,23,26). The highest BCUT2D eigenvalue weighted by Gasteiger charge is 2.30. The highest BCUT2D eigenvalue weighted by Crippen LogP contribution is 2.24. The number of carbonyl (C=O) groups is 1. The Kier molecular flexibility index (Phi) is 7.05. The molecule has 3 rings (SSSR count). The number of carbonyl (C=O) groups excluding carboxylic acids is 1. The zero-order valence-electron chi connectivity index (χ0n) is 17.0. The molecule has 2 aromatic carbocycles. The Balaban J connectivity index is 1.79. The van der Waals surface area contributed by atoms with E-state index in [-0.39, 0.29) is 22.4 Å². The summed E-state index contributed by atoms with van der Waals surface area (Å²) < 4.78 is 27.7. The zero-order chi connectivity index (χ0) is 20.9. The van der Waals surface area contributed by atoms with E-state index in [1.54, 1.807) is 18.2 Å². The van der Waals surface area contributed by atoms with Crippen LogP contribution in [0.4, 0.5) is 0 Å². The van der Waals surface area contributed by atoms with E-state index in [4.69, 9.17) is 0 Å². The van der Waals surface area contributed by atoms with Crippen molar-refractivity contribution in [2.24, 2.45) is 0 Å². The van der Waals surface area contributed by atoms with Gasteiger partial charge < -0.3 is 10.2 Å². The third-order valence-corrected chi connectivity index (χ3v) is 7.28. The molecule has 0 spiro atoms. The summed E-state index contributed by atoms with van der Waals surface area (Å²) in [6.45, 7) is 1.40. The molecule has 29 heavy (non-hydrogen) atoms. The van der Waals surface area contributed by atoms with Gasteiger partial charge in [0.1, 0.15) is 0 Å². The van der Waals surface area contributed by atoms with Gasteiger partial charge in [0.25, 0.3) is 5.91 Å². The van der Waals surface area contributed by atoms with Crippen LogP contribution in [0.2, 0.25) is 0 Å². The summed E-state index contributed by atoms with van der Waals surface area (Å²) >= 11 is 0. The minimum absolute atomic E-state index is 0.00832. The van der Waals surface area contributed by atoms with E-state index in [9.17, 15) is 13.2 Å². The Bertz CT molecular complexity index is 923. The molecule has 1 atom stereocenters. The average Bonchev–Trinajstić information content (AvgIpc) is 2.75. The maximum absolute atomic E-state index is 13.1. The monoisotopic (exact) mass is 415 g/mol. The average molecular weight is 416 g/mol. The van der Waals surface area contributed by atoms with Crippen LogP contribution in [-0.2, 0) is 10.0 Å². The number of benzene rings is 2. The molecule has 1 amide bonds. The van der Waals surface area contributed by atoms with Crippen LogP contribution in [-0.4, -0.2) is 57.3 Å². The Hall–Kier alpha value is -2.22. The molecule has 1 heterocycles. The predicted octanol–water partition coefficient (Wildman–Crippen LogP) is 2.89. The number of hydrogen-bond acceptors (Lipinski definition) is 4. The zero-order valence-corrected chi connectivity index (χ0v) is 17.9. The first-order chi connectivity index (χ1) is 13.9. The lowest BCUT2D eigenvalue weighted by atomic mass is 10.1. The second-order valence-corrected chi connectivity index (χ2v) is 9.47. The second-order valence-electron chi connectivity index (χ2n) is 7.56. The molecule has 1 unspecified atom stereocenters. The van der Waals surface area contributed by atoms with Gasteiger partial charge in [-0.05, 0) is 44.6 Å². The van der Waals surface area contributed by atoms with Crippen molar-refractivity contribution in [3.63, 3.8) is 0 Å². The van der Waals surface area contributed by atoms with Crippen LogP contribution in [0.25, 0.3) is 0 Å². The van der Waals surface area contributed by atoms with E-state index < -0.39 is 10.0 Å². The summed E-state index contributed by atoms with van der Waals surface area (Å²) in [7, 11) is 0.231. The van der Waals surface area contributed by atoms with Crippen molar-refractivity contribution in [1.82, 2.24) is 14.5 Å². The molecule has 2 aromatic rings. The summed E-state index contributed by atoms with van der Waals surface area (Å²) in [5.74, 6) is -0.371. The van der Waals surface area contributed by atoms with Gasteiger partial charge in [0.05, 0.1) is 16.5 Å². The van der Waals surface area contributed by atoms with Crippen LogP contribution in [0.5, 0.6) is 0 Å². The number of amides is 1. The first-order valence-corrected chi connectivity index (χ1v) is 11.4. The van der Waals surface area contributed by atoms with Crippen LogP contribution in [0.3, 0.4) is 0 Å². The number of hydrogen-bond donors (Lipinski definition) is 1. The summed E-state index contributed by atoms with van der Waals surface area (Å²) in [4.78, 5) is 15.1. The molecule has 1 N–H and O–H groups in total. The fourth-order valence-electron chi connectivity index (χ4n) is 3.68. The summed E-state index contributed by atoms with van der Waals surface area (Å²) in [6, 6.07) is 16.4. The Morgan fingerprint density at radius 2 is 1.62 bits per heavy atom. The van der Waals surface area contributed by atoms with Crippen molar-refractivity contribution in [1.29, 1.82) is 0 Å². The highest BCUT2D eigenvalue weighted by molar-refractivity contribution is 7.89. The minimum atomic E-state index is -3.68. The summed E-state index contributed by atoms with van der Waals surface area (Å²) in [5.41, 5.74) is 1.29. The molecule has 0 radical (unpaired) electrons. The molecule has 0 bridgehead atoms. The second kappa shape index (κ2) is 9.52. The molecular weight excluding hydrogens is 386 g/mol. The van der Waals surface area contributed by atoms with E-state index in [0.717, 1.165) is 24.8 Å². The molecule has 0 aromatic heterocycles. The van der Waals surface area contributed by atoms with Crippen LogP contribution < -0.4 is 5.32 Å². The maximum Gasteiger partial charge on any atom is 0.252 e. The molecular formula is C22H29N3O3S. The smallest absolute Gasteiger partial charge is 0.252 e. The van der Waals surface area contributed by atoms with E-state index in [2.05, 4.69) is 5.32 Å². The minimum Gasteiger partial charge on any atom is -0.350 e. The van der Waals surface area contributed by atoms with Crippen molar-refractivity contribution in [2.45, 2.75) is 30.2 Å². The van der Waals surface area contributed by atoms with Gasteiger partial charge in [-0.25, -0.2) is 8.42 Å². The normalized spacial score (nSPS) is 16.5. The lowest BCUT2D eigenvalue weighted by Crippen LogP contribution is -2.38. The summed E-state index contributed by atoms with van der Waals surface area (Å²) in [5, 5.41) is 2.93. The van der Waals surface area contributed by atoms with Crippen molar-refractivity contribution in [3.05, 3.63) is 65.7 Å². The first-order valence-electron chi connectivity index (χ1n) is 10.00. The highest BCUT2D eigenvalue weighted by atomic mass is 32.2. The van der Waals surface area contributed by atoms with Crippen LogP contribution in [0, 0.1) is 0 Å². The molecule has 0 saturated carbocycles. The fraction of sp³-hybridized carbons (Fsp3) is 0.409. The number of rotatable bonds is 7. The maximum atomic E-state index is 13.1. The number of nitrogens with zero attached hydrogens (tertiary/aromatic N) is 2. The largest absolute Gasteiger partial charge is 0.350 e. The number of nitrogens with one attached hydrogen (secondary N) is 1. The Morgan fingerprint density at radius 1 is 1.00 bits per heavy atom. The fourth-order valence-corrected chi connectivity index (χ4v) is 5.39. The number of likely N-dealkylation sites (N-methyl/N-ethyl adjacent to an activating group) is 1. The lowest BCUT2D eigenvalue weighted by Gasteiger charge is -2.27. The van der Waals surface area contributed by atoms with Gasteiger partial charge in [-0.1, -0.05) is 48.9 Å². The topological polar surface area (TPSA) is 69.7 Å². The first kappa shape index (κ1) is 21.5. The molecule has 0 aliphatic carbocycles. The number of sulfonamides is 1. The molecule has 1 aliphatic rings. The Labute approximate surface area is 173 Å². The van der Waals surface area contributed by atoms with E-state index in [1.165, 1.54) is 10.4 Å². The van der Waals surface area contributed by atoms with Crippen LogP contribution in [0.15, 0.2) is 59.5 Å². The SMILES string of the molecule is CN(C)C(CNC(=O)c1ccccc1S(=O)(=O)N1CCCCC1)c1ccccc1. The Morgan fingerprint density at radius 3 is 2.28 bits per heavy atom. The molecule has 1 fully saturated rings. The van der Waals surface area contributed by atoms with E-state index in [0.29, 0.717) is 19.6 Å². The van der Waals surface area contributed by atoms with Crippen molar-refractivity contribution in [3.8, 4) is 0 Å². The van der Waals surface area contributed by atoms with Gasteiger partial charge in [0.2, 0.25) is 10.0 Å². The summed E-state index contributed by atoms with van der Waals surface area (Å²) in [6.07, 6.45) is 2.75. The third kappa shape index (κ3) is 5.04. The molecule has 6 nitrogen and oxygen atoms in total. The van der Waals surface area contributed by atoms with Gasteiger partial charge in [-0.15, -0.1) is 0 Å². The molecule has 156 valence electrons. The molecule has 7 heteroatoms. The predicted molar refractivity (Wildman–Crippen MR) is 114 cm³/mol. The van der Waals surface area contributed by atoms with Gasteiger partial charge in [0.15, 0.2) is 0 Å². The quantitative estimate of drug-likeness (QED) is 0.755. The van der Waals surface area contributed by atoms with Crippen LogP contribution in [0.1, 0.15) is 41.2 Å². The third-order valence-electron chi connectivity index (χ3n) is 5.33. The van der Waals surface area contributed by atoms with Crippen LogP contribution >= 0.6 is 0 Å². The van der Waals surface area contributed by atoms with Crippen molar-refractivity contribution >= 4 is 15.9 Å². The van der Waals surface area contributed by atoms with Gasteiger partial charge >= 0.3 is 0 Å². The number of piperidine rings is 1. The molecule has 1 saturated heterocycles. The van der Waals surface area contributed by atoms with Gasteiger partial charge in [-0.3, -0.25) is 4.79 Å². The molecule has 1 aliphatic heterocycles. The van der Waals surface area contributed by atoms with E-state index >= 15 is 0 Å².